The maximum atomic E-state index is 12.7. The largest absolute Gasteiger partial charge is 0.501 e. The van der Waals surface area contributed by atoms with Crippen LogP contribution in [-0.4, -0.2) is 39.6 Å². The van der Waals surface area contributed by atoms with E-state index in [4.69, 9.17) is 4.74 Å². The molecule has 152 valence electrons. The molecule has 2 amide bonds. The summed E-state index contributed by atoms with van der Waals surface area (Å²) in [5.41, 5.74) is -0.363. The monoisotopic (exact) mass is 398 g/mol. The zero-order valence-corrected chi connectivity index (χ0v) is 16.3. The molecule has 0 aliphatic carbocycles. The van der Waals surface area contributed by atoms with Crippen molar-refractivity contribution in [2.45, 2.75) is 39.0 Å². The summed E-state index contributed by atoms with van der Waals surface area (Å²) in [7, 11) is 0. The molecule has 9 heteroatoms. The third-order valence-corrected chi connectivity index (χ3v) is 5.25. The number of nitrogens with zero attached hydrogens (tertiary/aromatic N) is 3. The molecule has 1 aromatic carbocycles. The second-order valence-corrected chi connectivity index (χ2v) is 7.55. The number of carbonyl (C=O) groups is 2. The van der Waals surface area contributed by atoms with Gasteiger partial charge in [0.1, 0.15) is 11.4 Å². The van der Waals surface area contributed by atoms with Crippen LogP contribution in [0, 0.1) is 0 Å². The molecule has 2 aromatic rings. The molecule has 0 spiro atoms. The summed E-state index contributed by atoms with van der Waals surface area (Å²) in [4.78, 5) is 42.9. The Hall–Kier alpha value is -3.20. The first-order valence-electron chi connectivity index (χ1n) is 9.44. The number of rotatable bonds is 4. The van der Waals surface area contributed by atoms with E-state index in [0.29, 0.717) is 25.4 Å². The Morgan fingerprint density at radius 3 is 2.72 bits per heavy atom. The molecule has 0 atom stereocenters. The fourth-order valence-corrected chi connectivity index (χ4v) is 3.58. The van der Waals surface area contributed by atoms with Crippen LogP contribution in [0.25, 0.3) is 0 Å². The van der Waals surface area contributed by atoms with Gasteiger partial charge in [-0.15, -0.1) is 0 Å². The zero-order chi connectivity index (χ0) is 20.8. The molecular formula is C20H22N4O5. The van der Waals surface area contributed by atoms with Crippen LogP contribution in [0.2, 0.25) is 0 Å². The van der Waals surface area contributed by atoms with Crippen molar-refractivity contribution in [3.8, 4) is 5.75 Å². The molecule has 2 N–H and O–H groups in total. The lowest BCUT2D eigenvalue weighted by molar-refractivity contribution is -0.122. The Morgan fingerprint density at radius 1 is 1.28 bits per heavy atom. The number of β-lactam (4-membered cyclic amide) rings is 1. The predicted octanol–water partition coefficient (Wildman–Crippen LogP) is 0.881. The van der Waals surface area contributed by atoms with E-state index >= 15 is 0 Å². The number of carbonyl (C=O) groups excluding carboxylic acids is 2. The van der Waals surface area contributed by atoms with Gasteiger partial charge in [-0.3, -0.25) is 19.0 Å². The lowest BCUT2D eigenvalue weighted by Gasteiger charge is -2.32. The summed E-state index contributed by atoms with van der Waals surface area (Å²) in [6.45, 7) is 4.85. The van der Waals surface area contributed by atoms with Crippen molar-refractivity contribution in [3.63, 3.8) is 0 Å². The number of aromatic nitrogens is 2. The molecule has 29 heavy (non-hydrogen) atoms. The fourth-order valence-electron chi connectivity index (χ4n) is 3.58. The quantitative estimate of drug-likeness (QED) is 0.739. The van der Waals surface area contributed by atoms with Crippen molar-refractivity contribution in [3.05, 3.63) is 51.7 Å². The van der Waals surface area contributed by atoms with Crippen molar-refractivity contribution in [1.29, 1.82) is 0 Å². The van der Waals surface area contributed by atoms with Crippen LogP contribution in [0.1, 0.15) is 42.1 Å². The third kappa shape index (κ3) is 3.27. The normalized spacial score (nSPS) is 17.4. The second-order valence-electron chi connectivity index (χ2n) is 7.55. The summed E-state index contributed by atoms with van der Waals surface area (Å²) in [5.74, 6) is -1.03. The SMILES string of the molecule is CC1(C)OCCn2c1nc(C(=O)NCc1ccccc1N1CCC1=O)c(O)c2=O. The Balaban J connectivity index is 1.60. The molecule has 2 aliphatic heterocycles. The smallest absolute Gasteiger partial charge is 0.296 e. The number of para-hydroxylation sites is 1. The summed E-state index contributed by atoms with van der Waals surface area (Å²) in [6.07, 6.45) is 0.509. The summed E-state index contributed by atoms with van der Waals surface area (Å²) in [5, 5.41) is 13.0. The average Bonchev–Trinajstić information content (AvgIpc) is 2.68. The number of amides is 2. The minimum absolute atomic E-state index is 0.0352. The number of fused-ring (bicyclic) bond motifs is 1. The number of nitrogens with one attached hydrogen (secondary N) is 1. The molecule has 9 nitrogen and oxygen atoms in total. The lowest BCUT2D eigenvalue weighted by Crippen LogP contribution is -2.44. The average molecular weight is 398 g/mol. The van der Waals surface area contributed by atoms with Crippen molar-refractivity contribution in [2.75, 3.05) is 18.1 Å². The Kier molecular flexibility index (Phi) is 4.62. The predicted molar refractivity (Wildman–Crippen MR) is 104 cm³/mol. The standard InChI is InChI=1S/C20H22N4O5/c1-20(2)19-22-15(16(26)18(28)24(19)9-10-29-20)17(27)21-11-12-5-3-4-6-13(12)23-8-7-14(23)25/h3-6,26H,7-11H2,1-2H3,(H,21,27). The van der Waals surface area contributed by atoms with Crippen LogP contribution in [0.15, 0.2) is 29.1 Å². The van der Waals surface area contributed by atoms with Crippen LogP contribution in [0.3, 0.4) is 0 Å². The maximum Gasteiger partial charge on any atom is 0.296 e. The van der Waals surface area contributed by atoms with Gasteiger partial charge in [0, 0.05) is 25.2 Å². The first kappa shape index (κ1) is 19.1. The molecule has 2 aliphatic rings. The van der Waals surface area contributed by atoms with Gasteiger partial charge in [0.25, 0.3) is 11.5 Å². The molecule has 4 rings (SSSR count). The van der Waals surface area contributed by atoms with E-state index in [1.165, 1.54) is 4.57 Å². The van der Waals surface area contributed by atoms with Gasteiger partial charge in [0.2, 0.25) is 11.7 Å². The van der Waals surface area contributed by atoms with Gasteiger partial charge in [-0.2, -0.15) is 0 Å². The van der Waals surface area contributed by atoms with Crippen LogP contribution < -0.4 is 15.8 Å². The minimum atomic E-state index is -0.857. The first-order valence-corrected chi connectivity index (χ1v) is 9.44. The van der Waals surface area contributed by atoms with Crippen molar-refractivity contribution >= 4 is 17.5 Å². The van der Waals surface area contributed by atoms with E-state index in [1.807, 2.05) is 24.3 Å². The molecule has 0 unspecified atom stereocenters. The van der Waals surface area contributed by atoms with Crippen molar-refractivity contribution in [1.82, 2.24) is 14.9 Å². The van der Waals surface area contributed by atoms with Crippen LogP contribution >= 0.6 is 0 Å². The Labute approximate surface area is 166 Å². The van der Waals surface area contributed by atoms with E-state index in [1.54, 1.807) is 18.7 Å². The van der Waals surface area contributed by atoms with Gasteiger partial charge in [-0.25, -0.2) is 4.98 Å². The Bertz CT molecular complexity index is 1060. The van der Waals surface area contributed by atoms with Gasteiger partial charge in [-0.1, -0.05) is 18.2 Å². The topological polar surface area (TPSA) is 114 Å². The molecule has 0 radical (unpaired) electrons. The Morgan fingerprint density at radius 2 is 2.03 bits per heavy atom. The highest BCUT2D eigenvalue weighted by atomic mass is 16.5. The van der Waals surface area contributed by atoms with Gasteiger partial charge in [0.15, 0.2) is 5.69 Å². The summed E-state index contributed by atoms with van der Waals surface area (Å²) in [6, 6.07) is 7.27. The first-order chi connectivity index (χ1) is 13.8. The highest BCUT2D eigenvalue weighted by Crippen LogP contribution is 2.28. The van der Waals surface area contributed by atoms with E-state index in [9.17, 15) is 19.5 Å². The second kappa shape index (κ2) is 7.00. The molecule has 1 aromatic heterocycles. The van der Waals surface area contributed by atoms with E-state index in [2.05, 4.69) is 10.3 Å². The van der Waals surface area contributed by atoms with Crippen molar-refractivity contribution in [2.24, 2.45) is 0 Å². The number of ether oxygens (including phenoxy) is 1. The molecular weight excluding hydrogens is 376 g/mol. The number of benzene rings is 1. The lowest BCUT2D eigenvalue weighted by atomic mass is 10.1. The van der Waals surface area contributed by atoms with Crippen LogP contribution in [0.4, 0.5) is 5.69 Å². The van der Waals surface area contributed by atoms with Gasteiger partial charge < -0.3 is 20.1 Å². The highest BCUT2D eigenvalue weighted by molar-refractivity contribution is 6.00. The van der Waals surface area contributed by atoms with Crippen LogP contribution in [-0.2, 0) is 28.2 Å². The highest BCUT2D eigenvalue weighted by Gasteiger charge is 2.34. The number of hydrogen-bond acceptors (Lipinski definition) is 6. The van der Waals surface area contributed by atoms with Crippen molar-refractivity contribution < 1.29 is 19.4 Å². The number of aromatic hydroxyl groups is 1. The van der Waals surface area contributed by atoms with Gasteiger partial charge in [0.05, 0.1) is 13.2 Å². The summed E-state index contributed by atoms with van der Waals surface area (Å²) < 4.78 is 6.98. The van der Waals surface area contributed by atoms with E-state index in [0.717, 1.165) is 11.3 Å². The minimum Gasteiger partial charge on any atom is -0.501 e. The molecule has 3 heterocycles. The molecule has 0 saturated carbocycles. The van der Waals surface area contributed by atoms with E-state index < -0.39 is 22.8 Å². The van der Waals surface area contributed by atoms with Crippen LogP contribution in [0.5, 0.6) is 5.75 Å². The molecule has 0 bridgehead atoms. The molecule has 1 saturated heterocycles. The zero-order valence-electron chi connectivity index (χ0n) is 16.3. The maximum absolute atomic E-state index is 12.7. The number of anilines is 1. The fraction of sp³-hybridized carbons (Fsp3) is 0.400. The third-order valence-electron chi connectivity index (χ3n) is 5.25. The van der Waals surface area contributed by atoms with Gasteiger partial charge >= 0.3 is 0 Å². The molecule has 1 fully saturated rings. The number of hydrogen-bond donors (Lipinski definition) is 2. The van der Waals surface area contributed by atoms with Gasteiger partial charge in [-0.05, 0) is 25.5 Å². The van der Waals surface area contributed by atoms with E-state index in [-0.39, 0.29) is 24.7 Å². The summed E-state index contributed by atoms with van der Waals surface area (Å²) >= 11 is 0.